The van der Waals surface area contributed by atoms with Crippen LogP contribution in [0.1, 0.15) is 28.4 Å². The summed E-state index contributed by atoms with van der Waals surface area (Å²) in [6.45, 7) is 3.17. The molecule has 0 bridgehead atoms. The van der Waals surface area contributed by atoms with Crippen molar-refractivity contribution in [2.45, 2.75) is 13.8 Å². The van der Waals surface area contributed by atoms with Crippen molar-refractivity contribution in [3.63, 3.8) is 0 Å². The van der Waals surface area contributed by atoms with Crippen LogP contribution in [0.4, 0.5) is 14.5 Å². The number of hydrogen-bond acceptors (Lipinski definition) is 2. The minimum atomic E-state index is -0.789. The molecule has 0 unspecified atom stereocenters. The highest BCUT2D eigenvalue weighted by molar-refractivity contribution is 6.05. The van der Waals surface area contributed by atoms with Gasteiger partial charge in [0.1, 0.15) is 11.6 Å². The summed E-state index contributed by atoms with van der Waals surface area (Å²) in [4.78, 5) is 23.3. The smallest absolute Gasteiger partial charge is 0.248 e. The molecule has 24 heavy (non-hydrogen) atoms. The molecule has 0 heterocycles. The lowest BCUT2D eigenvalue weighted by Crippen LogP contribution is -2.15. The molecule has 2 aromatic rings. The van der Waals surface area contributed by atoms with E-state index in [2.05, 4.69) is 5.32 Å². The van der Waals surface area contributed by atoms with E-state index < -0.39 is 17.6 Å². The minimum Gasteiger partial charge on any atom is -0.366 e. The Kier molecular flexibility index (Phi) is 5.08. The molecule has 6 heteroatoms. The Morgan fingerprint density at radius 3 is 2.29 bits per heavy atom. The second-order valence-electron chi connectivity index (χ2n) is 5.32. The van der Waals surface area contributed by atoms with Gasteiger partial charge in [0.2, 0.25) is 11.8 Å². The summed E-state index contributed by atoms with van der Waals surface area (Å²) in [5.74, 6) is -2.30. The number of anilines is 1. The minimum absolute atomic E-state index is 0.0346. The van der Waals surface area contributed by atoms with Gasteiger partial charge in [0.15, 0.2) is 0 Å². The van der Waals surface area contributed by atoms with Gasteiger partial charge in [-0.1, -0.05) is 12.1 Å². The molecule has 0 aliphatic rings. The molecule has 0 aliphatic heterocycles. The third-order valence-electron chi connectivity index (χ3n) is 3.53. The molecule has 0 fully saturated rings. The zero-order chi connectivity index (χ0) is 17.9. The third kappa shape index (κ3) is 4.04. The van der Waals surface area contributed by atoms with Crippen LogP contribution in [-0.2, 0) is 4.79 Å². The first-order valence-electron chi connectivity index (χ1n) is 7.13. The molecule has 0 aliphatic carbocycles. The maximum Gasteiger partial charge on any atom is 0.248 e. The fraction of sp³-hybridized carbons (Fsp3) is 0.111. The van der Waals surface area contributed by atoms with Crippen LogP contribution in [0.25, 0.3) is 5.57 Å². The van der Waals surface area contributed by atoms with Gasteiger partial charge in [0.25, 0.3) is 0 Å². The molecule has 2 rings (SSSR count). The topological polar surface area (TPSA) is 72.2 Å². The van der Waals surface area contributed by atoms with E-state index >= 15 is 0 Å². The second-order valence-corrected chi connectivity index (χ2v) is 5.32. The first-order valence-corrected chi connectivity index (χ1v) is 7.13. The number of rotatable bonds is 4. The number of hydrogen-bond donors (Lipinski definition) is 2. The van der Waals surface area contributed by atoms with Gasteiger partial charge in [-0.25, -0.2) is 8.78 Å². The molecular weight excluding hydrogens is 314 g/mol. The number of carbonyl (C=O) groups excluding carboxylic acids is 2. The van der Waals surface area contributed by atoms with Crippen LogP contribution >= 0.6 is 0 Å². The Morgan fingerprint density at radius 2 is 1.71 bits per heavy atom. The number of nitrogens with one attached hydrogen (secondary N) is 1. The fourth-order valence-corrected chi connectivity index (χ4v) is 2.11. The largest absolute Gasteiger partial charge is 0.366 e. The molecule has 124 valence electrons. The Labute approximate surface area is 138 Å². The summed E-state index contributed by atoms with van der Waals surface area (Å²) in [5, 5.41) is 2.52. The standard InChI is InChI=1S/C18H16F2N2O2/c1-10(12-3-5-14(19)6-4-12)7-17(23)22-16-9-13(18(21)24)8-15(20)11(16)2/h3-9H,1-2H3,(H2,21,24)(H,22,23). The average molecular weight is 330 g/mol. The van der Waals surface area contributed by atoms with Crippen LogP contribution in [0.3, 0.4) is 0 Å². The first kappa shape index (κ1) is 17.3. The molecule has 0 aromatic heterocycles. The molecule has 0 saturated heterocycles. The Balaban J connectivity index is 2.24. The van der Waals surface area contributed by atoms with Crippen LogP contribution in [0.5, 0.6) is 0 Å². The highest BCUT2D eigenvalue weighted by Gasteiger charge is 2.12. The van der Waals surface area contributed by atoms with Crippen molar-refractivity contribution in [1.82, 2.24) is 0 Å². The summed E-state index contributed by atoms with van der Waals surface area (Å²) in [5.41, 5.74) is 6.75. The predicted molar refractivity (Wildman–Crippen MR) is 88.3 cm³/mol. The lowest BCUT2D eigenvalue weighted by molar-refractivity contribution is -0.111. The molecule has 2 aromatic carbocycles. The highest BCUT2D eigenvalue weighted by Crippen LogP contribution is 2.21. The van der Waals surface area contributed by atoms with E-state index in [4.69, 9.17) is 5.73 Å². The van der Waals surface area contributed by atoms with Gasteiger partial charge >= 0.3 is 0 Å². The number of carbonyl (C=O) groups is 2. The number of benzene rings is 2. The molecule has 0 saturated carbocycles. The third-order valence-corrected chi connectivity index (χ3v) is 3.53. The van der Waals surface area contributed by atoms with Crippen molar-refractivity contribution in [3.05, 3.63) is 70.8 Å². The van der Waals surface area contributed by atoms with Crippen molar-refractivity contribution < 1.29 is 18.4 Å². The van der Waals surface area contributed by atoms with Crippen LogP contribution in [0.2, 0.25) is 0 Å². The van der Waals surface area contributed by atoms with Gasteiger partial charge in [-0.05, 0) is 49.2 Å². The summed E-state index contributed by atoms with van der Waals surface area (Å²) in [6, 6.07) is 8.02. The van der Waals surface area contributed by atoms with Crippen molar-refractivity contribution in [2.75, 3.05) is 5.32 Å². The number of primary amides is 1. The molecule has 2 amide bonds. The van der Waals surface area contributed by atoms with E-state index in [1.54, 1.807) is 19.1 Å². The molecule has 3 N–H and O–H groups in total. The highest BCUT2D eigenvalue weighted by atomic mass is 19.1. The quantitative estimate of drug-likeness (QED) is 0.843. The van der Waals surface area contributed by atoms with Crippen molar-refractivity contribution in [2.24, 2.45) is 5.73 Å². The van der Waals surface area contributed by atoms with Crippen molar-refractivity contribution in [1.29, 1.82) is 0 Å². The Bertz CT molecular complexity index is 828. The van der Waals surface area contributed by atoms with Gasteiger partial charge in [-0.3, -0.25) is 9.59 Å². The first-order chi connectivity index (χ1) is 11.3. The maximum absolute atomic E-state index is 13.8. The normalized spacial score (nSPS) is 11.2. The number of nitrogens with two attached hydrogens (primary N) is 1. The molecule has 0 spiro atoms. The summed E-state index contributed by atoms with van der Waals surface area (Å²) >= 11 is 0. The fourth-order valence-electron chi connectivity index (χ4n) is 2.11. The van der Waals surface area contributed by atoms with Gasteiger partial charge < -0.3 is 11.1 Å². The van der Waals surface area contributed by atoms with Crippen LogP contribution in [0.15, 0.2) is 42.5 Å². The molecular formula is C18H16F2N2O2. The summed E-state index contributed by atoms with van der Waals surface area (Å²) in [6.07, 6.45) is 1.31. The second kappa shape index (κ2) is 7.04. The van der Waals surface area contributed by atoms with E-state index in [-0.39, 0.29) is 22.6 Å². The van der Waals surface area contributed by atoms with Gasteiger partial charge in [0, 0.05) is 22.9 Å². The predicted octanol–water partition coefficient (Wildman–Crippen LogP) is 3.41. The monoisotopic (exact) mass is 330 g/mol. The summed E-state index contributed by atoms with van der Waals surface area (Å²) < 4.78 is 26.7. The lowest BCUT2D eigenvalue weighted by Gasteiger charge is -2.10. The molecule has 4 nitrogen and oxygen atoms in total. The number of allylic oxidation sites excluding steroid dienone is 1. The van der Waals surface area contributed by atoms with Crippen LogP contribution in [-0.4, -0.2) is 11.8 Å². The van der Waals surface area contributed by atoms with E-state index in [0.29, 0.717) is 11.1 Å². The Hall–Kier alpha value is -3.02. The van der Waals surface area contributed by atoms with E-state index in [0.717, 1.165) is 6.07 Å². The van der Waals surface area contributed by atoms with E-state index in [9.17, 15) is 18.4 Å². The zero-order valence-electron chi connectivity index (χ0n) is 13.2. The van der Waals surface area contributed by atoms with Crippen LogP contribution in [0, 0.1) is 18.6 Å². The van der Waals surface area contributed by atoms with E-state index in [1.807, 2.05) is 0 Å². The van der Waals surface area contributed by atoms with Crippen molar-refractivity contribution in [3.8, 4) is 0 Å². The molecule has 0 radical (unpaired) electrons. The van der Waals surface area contributed by atoms with Crippen LogP contribution < -0.4 is 11.1 Å². The molecule has 0 atom stereocenters. The Morgan fingerprint density at radius 1 is 1.08 bits per heavy atom. The lowest BCUT2D eigenvalue weighted by atomic mass is 10.1. The van der Waals surface area contributed by atoms with Gasteiger partial charge in [-0.2, -0.15) is 0 Å². The average Bonchev–Trinajstić information content (AvgIpc) is 2.51. The SMILES string of the molecule is CC(=CC(=O)Nc1cc(C(N)=O)cc(F)c1C)c1ccc(F)cc1. The zero-order valence-corrected chi connectivity index (χ0v) is 13.2. The van der Waals surface area contributed by atoms with Crippen molar-refractivity contribution >= 4 is 23.1 Å². The van der Waals surface area contributed by atoms with Gasteiger partial charge in [0.05, 0.1) is 0 Å². The van der Waals surface area contributed by atoms with Gasteiger partial charge in [-0.15, -0.1) is 0 Å². The number of halogens is 2. The number of amides is 2. The maximum atomic E-state index is 13.8. The summed E-state index contributed by atoms with van der Waals surface area (Å²) in [7, 11) is 0. The van der Waals surface area contributed by atoms with E-state index in [1.165, 1.54) is 31.2 Å².